The van der Waals surface area contributed by atoms with E-state index in [4.69, 9.17) is 9.47 Å². The van der Waals surface area contributed by atoms with Crippen LogP contribution in [0.1, 0.15) is 144 Å². The van der Waals surface area contributed by atoms with Gasteiger partial charge in [-0.25, -0.2) is 37.7 Å². The van der Waals surface area contributed by atoms with E-state index < -0.39 is 47.4 Å². The molecule has 3 unspecified atom stereocenters. The van der Waals surface area contributed by atoms with Gasteiger partial charge in [0.1, 0.15) is 18.4 Å². The molecular weight excluding hydrogens is 590 g/mol. The molecule has 0 saturated heterocycles. The Kier molecular flexibility index (Phi) is 19.8. The summed E-state index contributed by atoms with van der Waals surface area (Å²) in [5.41, 5.74) is -2.52. The molecule has 0 bridgehead atoms. The van der Waals surface area contributed by atoms with Crippen LogP contribution in [0.5, 0.6) is 0 Å². The second-order valence-electron chi connectivity index (χ2n) is 12.4. The molecule has 1 heterocycles. The minimum absolute atomic E-state index is 0.146. The SMILES string of the molecule is C=C(C)C(=O)OC(CCCCCC)Cn1c(=O)n(CC(CCCCCC)OC(=O)C(=C)C)c(=O)n(C(O)CCCCCCC)c1=O. The van der Waals surface area contributed by atoms with Crippen LogP contribution in [-0.4, -0.2) is 43.0 Å². The lowest BCUT2D eigenvalue weighted by molar-refractivity contribution is -0.146. The van der Waals surface area contributed by atoms with E-state index in [0.29, 0.717) is 36.7 Å². The van der Waals surface area contributed by atoms with E-state index >= 15 is 0 Å². The number of carbonyl (C=O) groups excluding carboxylic acids is 2. The molecule has 1 aromatic rings. The fraction of sp³-hybridized carbons (Fsp3) is 0.743. The van der Waals surface area contributed by atoms with E-state index in [1.807, 2.05) is 0 Å². The predicted octanol–water partition coefficient (Wildman–Crippen LogP) is 5.94. The lowest BCUT2D eigenvalue weighted by atomic mass is 10.1. The van der Waals surface area contributed by atoms with Crippen molar-refractivity contribution in [1.29, 1.82) is 0 Å². The number of carbonyl (C=O) groups is 2. The van der Waals surface area contributed by atoms with Gasteiger partial charge in [-0.2, -0.15) is 0 Å². The first-order valence-electron chi connectivity index (χ1n) is 17.3. The number of aliphatic hydroxyl groups is 1. The number of aromatic nitrogens is 3. The zero-order valence-corrected chi connectivity index (χ0v) is 29.0. The largest absolute Gasteiger partial charge is 0.457 e. The van der Waals surface area contributed by atoms with Crippen molar-refractivity contribution in [3.63, 3.8) is 0 Å². The first-order chi connectivity index (χ1) is 21.9. The molecule has 11 heteroatoms. The highest BCUT2D eigenvalue weighted by atomic mass is 16.5. The molecule has 0 amide bonds. The molecule has 11 nitrogen and oxygen atoms in total. The van der Waals surface area contributed by atoms with Crippen molar-refractivity contribution in [1.82, 2.24) is 13.7 Å². The first-order valence-corrected chi connectivity index (χ1v) is 17.3. The Morgan fingerprint density at radius 1 is 0.609 bits per heavy atom. The van der Waals surface area contributed by atoms with Crippen molar-refractivity contribution in [2.45, 2.75) is 169 Å². The van der Waals surface area contributed by atoms with Crippen molar-refractivity contribution in [3.8, 4) is 0 Å². The molecular formula is C35H59N3O8. The number of esters is 2. The van der Waals surface area contributed by atoms with Crippen LogP contribution in [0.2, 0.25) is 0 Å². The maximum absolute atomic E-state index is 13.9. The monoisotopic (exact) mass is 649 g/mol. The summed E-state index contributed by atoms with van der Waals surface area (Å²) < 4.78 is 13.7. The van der Waals surface area contributed by atoms with Crippen LogP contribution in [0.4, 0.5) is 0 Å². The van der Waals surface area contributed by atoms with Gasteiger partial charge in [-0.3, -0.25) is 0 Å². The number of ether oxygens (including phenoxy) is 2. The molecule has 46 heavy (non-hydrogen) atoms. The highest BCUT2D eigenvalue weighted by Crippen LogP contribution is 2.15. The highest BCUT2D eigenvalue weighted by molar-refractivity contribution is 5.87. The summed E-state index contributed by atoms with van der Waals surface area (Å²) in [6.45, 7) is 15.9. The van der Waals surface area contributed by atoms with Crippen LogP contribution in [0, 0.1) is 0 Å². The number of unbranched alkanes of at least 4 members (excludes halogenated alkanes) is 10. The average Bonchev–Trinajstić information content (AvgIpc) is 3.00. The van der Waals surface area contributed by atoms with Gasteiger partial charge in [0, 0.05) is 11.1 Å². The summed E-state index contributed by atoms with van der Waals surface area (Å²) in [6, 6.07) is 0. The van der Waals surface area contributed by atoms with Crippen LogP contribution in [0.25, 0.3) is 0 Å². The predicted molar refractivity (Wildman–Crippen MR) is 181 cm³/mol. The van der Waals surface area contributed by atoms with E-state index in [-0.39, 0.29) is 30.7 Å². The minimum Gasteiger partial charge on any atom is -0.457 e. The molecule has 0 aromatic carbocycles. The van der Waals surface area contributed by atoms with Crippen LogP contribution in [-0.2, 0) is 32.2 Å². The zero-order chi connectivity index (χ0) is 34.6. The molecule has 0 spiro atoms. The summed E-state index contributed by atoms with van der Waals surface area (Å²) in [4.78, 5) is 66.4. The van der Waals surface area contributed by atoms with Crippen molar-refractivity contribution >= 4 is 11.9 Å². The lowest BCUT2D eigenvalue weighted by Gasteiger charge is -2.23. The number of hydrogen-bond acceptors (Lipinski definition) is 8. The van der Waals surface area contributed by atoms with Gasteiger partial charge < -0.3 is 14.6 Å². The molecule has 0 aliphatic rings. The van der Waals surface area contributed by atoms with Crippen LogP contribution in [0.3, 0.4) is 0 Å². The fourth-order valence-corrected chi connectivity index (χ4v) is 5.16. The first kappa shape index (κ1) is 40.8. The van der Waals surface area contributed by atoms with E-state index in [2.05, 4.69) is 33.9 Å². The second kappa shape index (κ2) is 22.3. The molecule has 0 fully saturated rings. The van der Waals surface area contributed by atoms with E-state index in [1.165, 1.54) is 13.8 Å². The average molecular weight is 650 g/mol. The summed E-state index contributed by atoms with van der Waals surface area (Å²) in [6.07, 6.45) is 9.31. The molecule has 0 radical (unpaired) electrons. The molecule has 3 atom stereocenters. The Labute approximate surface area is 274 Å². The van der Waals surface area contributed by atoms with Gasteiger partial charge in [0.15, 0.2) is 0 Å². The topological polar surface area (TPSA) is 139 Å². The van der Waals surface area contributed by atoms with E-state index in [9.17, 15) is 29.1 Å². The van der Waals surface area contributed by atoms with Crippen LogP contribution in [0.15, 0.2) is 38.7 Å². The third-order valence-corrected chi connectivity index (χ3v) is 7.98. The Morgan fingerprint density at radius 2 is 0.957 bits per heavy atom. The smallest absolute Gasteiger partial charge is 0.338 e. The minimum atomic E-state index is -1.47. The summed E-state index contributed by atoms with van der Waals surface area (Å²) in [5.74, 6) is -1.29. The molecule has 262 valence electrons. The zero-order valence-electron chi connectivity index (χ0n) is 29.0. The maximum Gasteiger partial charge on any atom is 0.338 e. The van der Waals surface area contributed by atoms with Gasteiger partial charge >= 0.3 is 29.0 Å². The van der Waals surface area contributed by atoms with Gasteiger partial charge in [0.25, 0.3) is 0 Å². The van der Waals surface area contributed by atoms with Gasteiger partial charge in [-0.05, 0) is 52.4 Å². The maximum atomic E-state index is 13.9. The van der Waals surface area contributed by atoms with Crippen molar-refractivity contribution in [2.24, 2.45) is 0 Å². The van der Waals surface area contributed by atoms with E-state index in [0.717, 1.165) is 73.3 Å². The summed E-state index contributed by atoms with van der Waals surface area (Å²) in [5, 5.41) is 11.1. The molecule has 1 rings (SSSR count). The third kappa shape index (κ3) is 14.1. The van der Waals surface area contributed by atoms with Gasteiger partial charge in [0.2, 0.25) is 0 Å². The third-order valence-electron chi connectivity index (χ3n) is 7.98. The summed E-state index contributed by atoms with van der Waals surface area (Å²) >= 11 is 0. The second-order valence-corrected chi connectivity index (χ2v) is 12.4. The molecule has 0 aliphatic carbocycles. The molecule has 1 aromatic heterocycles. The van der Waals surface area contributed by atoms with Crippen molar-refractivity contribution < 1.29 is 24.2 Å². The molecule has 0 aliphatic heterocycles. The van der Waals surface area contributed by atoms with Gasteiger partial charge in [-0.15, -0.1) is 0 Å². The Bertz CT molecular complexity index is 1210. The van der Waals surface area contributed by atoms with E-state index in [1.54, 1.807) is 0 Å². The Hall–Kier alpha value is -3.21. The number of hydrogen-bond donors (Lipinski definition) is 1. The standard InChI is InChI=1S/C35H59N3O8/c1-8-11-14-17-20-23-30(39)38-34(43)36(24-28(21-18-15-12-9-2)45-31(40)26(4)5)33(42)37(35(38)44)25-29(22-19-16-13-10-3)46-32(41)27(6)7/h28-30,39H,4,6,8-25H2,1-3,5,7H3. The van der Waals surface area contributed by atoms with Crippen LogP contribution >= 0.6 is 0 Å². The Morgan fingerprint density at radius 3 is 1.33 bits per heavy atom. The quantitative estimate of drug-likeness (QED) is 0.0780. The van der Waals surface area contributed by atoms with Crippen molar-refractivity contribution in [2.75, 3.05) is 0 Å². The number of rotatable bonds is 25. The normalized spacial score (nSPS) is 13.2. The van der Waals surface area contributed by atoms with Crippen molar-refractivity contribution in [3.05, 3.63) is 55.8 Å². The van der Waals surface area contributed by atoms with Gasteiger partial charge in [-0.1, -0.05) is 98.1 Å². The van der Waals surface area contributed by atoms with Crippen LogP contribution < -0.4 is 17.1 Å². The lowest BCUT2D eigenvalue weighted by Crippen LogP contribution is -2.57. The number of aliphatic hydroxyl groups excluding tert-OH is 1. The fourth-order valence-electron chi connectivity index (χ4n) is 5.16. The Balaban J connectivity index is 3.66. The number of nitrogens with zero attached hydrogens (tertiary/aromatic N) is 3. The molecule has 1 N–H and O–H groups in total. The van der Waals surface area contributed by atoms with Gasteiger partial charge in [0.05, 0.1) is 13.1 Å². The summed E-state index contributed by atoms with van der Waals surface area (Å²) in [7, 11) is 0. The highest BCUT2D eigenvalue weighted by Gasteiger charge is 2.26. The molecule has 0 saturated carbocycles.